The van der Waals surface area contributed by atoms with Gasteiger partial charge in [0.25, 0.3) is 10.0 Å². The van der Waals surface area contributed by atoms with Gasteiger partial charge in [0.05, 0.1) is 10.9 Å². The van der Waals surface area contributed by atoms with Gasteiger partial charge in [0.15, 0.2) is 0 Å². The van der Waals surface area contributed by atoms with Crippen LogP contribution in [0.25, 0.3) is 10.8 Å². The summed E-state index contributed by atoms with van der Waals surface area (Å²) in [5.74, 6) is -0.154. The van der Waals surface area contributed by atoms with Gasteiger partial charge in [-0.3, -0.25) is 14.5 Å². The summed E-state index contributed by atoms with van der Waals surface area (Å²) in [6.45, 7) is 5.73. The number of nitrogens with zero attached hydrogens (tertiary/aromatic N) is 1. The number of rotatable bonds is 5. The number of sulfonamides is 1. The van der Waals surface area contributed by atoms with Gasteiger partial charge in [0.1, 0.15) is 11.9 Å². The average Bonchev–Trinajstić information content (AvgIpc) is 3.01. The van der Waals surface area contributed by atoms with E-state index in [4.69, 9.17) is 0 Å². The van der Waals surface area contributed by atoms with E-state index in [1.165, 1.54) is 6.07 Å². The maximum atomic E-state index is 13.2. The average molecular weight is 436 g/mol. The third-order valence-corrected chi connectivity index (χ3v) is 6.88. The van der Waals surface area contributed by atoms with E-state index in [0.29, 0.717) is 5.56 Å². The number of hydrogen-bond acceptors (Lipinski definition) is 4. The zero-order valence-corrected chi connectivity index (χ0v) is 18.5. The fraction of sp³-hybridized carbons (Fsp3) is 0.250. The number of aliphatic imine (C=N–C) groups is 1. The van der Waals surface area contributed by atoms with Crippen LogP contribution in [0, 0.1) is 5.92 Å². The monoisotopic (exact) mass is 435 g/mol. The van der Waals surface area contributed by atoms with E-state index in [1.807, 2.05) is 63.2 Å². The molecule has 0 saturated carbocycles. The highest BCUT2D eigenvalue weighted by Gasteiger charge is 2.33. The lowest BCUT2D eigenvalue weighted by Gasteiger charge is -2.22. The lowest BCUT2D eigenvalue weighted by atomic mass is 9.98. The summed E-state index contributed by atoms with van der Waals surface area (Å²) in [5, 5.41) is 5.26. The molecule has 0 saturated heterocycles. The van der Waals surface area contributed by atoms with E-state index in [2.05, 4.69) is 15.0 Å². The topological polar surface area (TPSA) is 87.6 Å². The minimum absolute atomic E-state index is 0.121. The Hall–Kier alpha value is -3.19. The van der Waals surface area contributed by atoms with Crippen LogP contribution in [-0.2, 0) is 14.8 Å². The molecule has 0 aromatic heterocycles. The molecule has 0 aliphatic carbocycles. The Kier molecular flexibility index (Phi) is 5.54. The first-order chi connectivity index (χ1) is 14.8. The smallest absolute Gasteiger partial charge is 0.263 e. The van der Waals surface area contributed by atoms with Crippen molar-refractivity contribution < 1.29 is 13.2 Å². The van der Waals surface area contributed by atoms with Crippen molar-refractivity contribution in [2.75, 3.05) is 0 Å². The fourth-order valence-corrected chi connectivity index (χ4v) is 5.12. The van der Waals surface area contributed by atoms with Crippen LogP contribution in [0.4, 0.5) is 0 Å². The molecule has 160 valence electrons. The zero-order valence-electron chi connectivity index (χ0n) is 17.7. The summed E-state index contributed by atoms with van der Waals surface area (Å²) in [5.41, 5.74) is 1.51. The van der Waals surface area contributed by atoms with Crippen molar-refractivity contribution in [3.05, 3.63) is 77.9 Å². The molecule has 2 N–H and O–H groups in total. The van der Waals surface area contributed by atoms with Gasteiger partial charge < -0.3 is 5.32 Å². The van der Waals surface area contributed by atoms with Crippen molar-refractivity contribution in [1.82, 2.24) is 10.0 Å². The number of fused-ring (bicyclic) bond motifs is 2. The van der Waals surface area contributed by atoms with Gasteiger partial charge in [-0.1, -0.05) is 68.4 Å². The first-order valence-corrected chi connectivity index (χ1v) is 11.7. The van der Waals surface area contributed by atoms with Gasteiger partial charge in [0, 0.05) is 5.56 Å². The van der Waals surface area contributed by atoms with Crippen LogP contribution in [0.2, 0.25) is 0 Å². The third-order valence-electron chi connectivity index (χ3n) is 5.48. The SMILES string of the molecule is CC(C)[C@H](N=C1NS(=O)(=O)c2ccccc21)C(=O)N[C@@H](C)c1cccc2ccccc12. The highest BCUT2D eigenvalue weighted by molar-refractivity contribution is 7.90. The van der Waals surface area contributed by atoms with Crippen LogP contribution in [0.5, 0.6) is 0 Å². The first kappa shape index (κ1) is 21.1. The van der Waals surface area contributed by atoms with E-state index in [0.717, 1.165) is 16.3 Å². The molecule has 3 aromatic rings. The van der Waals surface area contributed by atoms with Gasteiger partial charge in [-0.15, -0.1) is 0 Å². The molecule has 4 rings (SSSR count). The number of carbonyl (C=O) groups excluding carboxylic acids is 1. The number of hydrogen-bond donors (Lipinski definition) is 2. The van der Waals surface area contributed by atoms with E-state index < -0.39 is 16.1 Å². The third kappa shape index (κ3) is 4.05. The molecule has 0 bridgehead atoms. The predicted molar refractivity (Wildman–Crippen MR) is 122 cm³/mol. The minimum atomic E-state index is -3.65. The molecule has 3 aromatic carbocycles. The van der Waals surface area contributed by atoms with Crippen LogP contribution in [0.15, 0.2) is 76.6 Å². The molecule has 1 amide bonds. The molecule has 31 heavy (non-hydrogen) atoms. The molecule has 6 nitrogen and oxygen atoms in total. The van der Waals surface area contributed by atoms with Crippen molar-refractivity contribution >= 4 is 32.5 Å². The standard InChI is InChI=1S/C24H25N3O3S/c1-15(2)22(26-23-20-12-6-7-14-21(20)31(29,30)27-23)24(28)25-16(3)18-13-8-10-17-9-4-5-11-19(17)18/h4-16,22H,1-3H3,(H,25,28)(H,26,27)/t16-,22-/m0/s1. The van der Waals surface area contributed by atoms with Gasteiger partial charge >= 0.3 is 0 Å². The number of amidine groups is 1. The Bertz CT molecular complexity index is 1280. The number of carbonyl (C=O) groups is 1. The van der Waals surface area contributed by atoms with E-state index >= 15 is 0 Å². The Labute approximate surface area is 182 Å². The Morgan fingerprint density at radius 1 is 0.935 bits per heavy atom. The normalized spacial score (nSPS) is 17.9. The van der Waals surface area contributed by atoms with Crippen LogP contribution in [0.1, 0.15) is 37.9 Å². The quantitative estimate of drug-likeness (QED) is 0.639. The molecule has 0 radical (unpaired) electrons. The molecule has 0 spiro atoms. The number of nitrogens with one attached hydrogen (secondary N) is 2. The predicted octanol–water partition coefficient (Wildman–Crippen LogP) is 3.78. The van der Waals surface area contributed by atoms with Gasteiger partial charge in [-0.05, 0) is 41.3 Å². The molecule has 7 heteroatoms. The van der Waals surface area contributed by atoms with Crippen molar-refractivity contribution in [2.45, 2.75) is 37.8 Å². The lowest BCUT2D eigenvalue weighted by molar-refractivity contribution is -0.123. The number of amides is 1. The van der Waals surface area contributed by atoms with Crippen LogP contribution in [-0.4, -0.2) is 26.2 Å². The molecule has 0 fully saturated rings. The van der Waals surface area contributed by atoms with E-state index in [9.17, 15) is 13.2 Å². The van der Waals surface area contributed by atoms with Gasteiger partial charge in [-0.25, -0.2) is 8.42 Å². The summed E-state index contributed by atoms with van der Waals surface area (Å²) >= 11 is 0. The zero-order chi connectivity index (χ0) is 22.2. The number of benzene rings is 3. The summed E-state index contributed by atoms with van der Waals surface area (Å²) < 4.78 is 27.2. The summed E-state index contributed by atoms with van der Waals surface area (Å²) in [6.07, 6.45) is 0. The largest absolute Gasteiger partial charge is 0.348 e. The van der Waals surface area contributed by atoms with Crippen molar-refractivity contribution in [3.63, 3.8) is 0 Å². The molecular formula is C24H25N3O3S. The first-order valence-electron chi connectivity index (χ1n) is 10.3. The summed E-state index contributed by atoms with van der Waals surface area (Å²) in [6, 6.07) is 19.8. The van der Waals surface area contributed by atoms with Crippen molar-refractivity contribution in [1.29, 1.82) is 0 Å². The van der Waals surface area contributed by atoms with Gasteiger partial charge in [0.2, 0.25) is 5.91 Å². The second-order valence-electron chi connectivity index (χ2n) is 8.07. The van der Waals surface area contributed by atoms with Crippen LogP contribution in [0.3, 0.4) is 0 Å². The summed E-state index contributed by atoms with van der Waals surface area (Å²) in [4.78, 5) is 17.9. The Morgan fingerprint density at radius 3 is 2.39 bits per heavy atom. The second kappa shape index (κ2) is 8.15. The summed E-state index contributed by atoms with van der Waals surface area (Å²) in [7, 11) is -3.65. The maximum absolute atomic E-state index is 13.2. The molecule has 1 aliphatic rings. The molecule has 1 aliphatic heterocycles. The molecular weight excluding hydrogens is 410 g/mol. The van der Waals surface area contributed by atoms with Gasteiger partial charge in [-0.2, -0.15) is 0 Å². The van der Waals surface area contributed by atoms with Crippen molar-refractivity contribution in [2.24, 2.45) is 10.9 Å². The maximum Gasteiger partial charge on any atom is 0.263 e. The molecule has 1 heterocycles. The highest BCUT2D eigenvalue weighted by atomic mass is 32.2. The minimum Gasteiger partial charge on any atom is -0.348 e. The Balaban J connectivity index is 1.62. The van der Waals surface area contributed by atoms with E-state index in [1.54, 1.807) is 18.2 Å². The Morgan fingerprint density at radius 2 is 1.61 bits per heavy atom. The van der Waals surface area contributed by atoms with Crippen LogP contribution >= 0.6 is 0 Å². The van der Waals surface area contributed by atoms with E-state index in [-0.39, 0.29) is 28.6 Å². The highest BCUT2D eigenvalue weighted by Crippen LogP contribution is 2.26. The molecule has 0 unspecified atom stereocenters. The molecule has 2 atom stereocenters. The fourth-order valence-electron chi connectivity index (χ4n) is 3.88. The van der Waals surface area contributed by atoms with Crippen molar-refractivity contribution in [3.8, 4) is 0 Å². The lowest BCUT2D eigenvalue weighted by Crippen LogP contribution is -2.39. The van der Waals surface area contributed by atoms with Crippen LogP contribution < -0.4 is 10.0 Å². The second-order valence-corrected chi connectivity index (χ2v) is 9.72.